The maximum Gasteiger partial charge on any atom is 0.278 e. The lowest BCUT2D eigenvalue weighted by atomic mass is 9.96. The summed E-state index contributed by atoms with van der Waals surface area (Å²) in [7, 11) is 2.68. The highest BCUT2D eigenvalue weighted by molar-refractivity contribution is 6.12. The van der Waals surface area contributed by atoms with Crippen LogP contribution in [0.5, 0.6) is 0 Å². The molecular weight excluding hydrogens is 436 g/mol. The molecule has 9 nitrogen and oxygen atoms in total. The van der Waals surface area contributed by atoms with Crippen LogP contribution in [0.1, 0.15) is 34.0 Å². The summed E-state index contributed by atoms with van der Waals surface area (Å²) in [6.07, 6.45) is 3.92. The molecular formula is C25H30N4O5. The monoisotopic (exact) mass is 466 g/mol. The molecule has 1 fully saturated rings. The number of benzene rings is 2. The average molecular weight is 467 g/mol. The Hall–Kier alpha value is -3.53. The molecule has 2 aromatic rings. The Morgan fingerprint density at radius 1 is 1.03 bits per heavy atom. The Bertz CT molecular complexity index is 1030. The van der Waals surface area contributed by atoms with Gasteiger partial charge >= 0.3 is 0 Å². The van der Waals surface area contributed by atoms with Gasteiger partial charge in [-0.3, -0.25) is 19.6 Å². The minimum Gasteiger partial charge on any atom is -0.378 e. The van der Waals surface area contributed by atoms with Crippen LogP contribution in [0.25, 0.3) is 12.2 Å². The predicted octanol–water partition coefficient (Wildman–Crippen LogP) is 1.43. The third kappa shape index (κ3) is 5.51. The van der Waals surface area contributed by atoms with Crippen molar-refractivity contribution in [2.75, 3.05) is 27.3 Å². The lowest BCUT2D eigenvalue weighted by Crippen LogP contribution is -2.64. The van der Waals surface area contributed by atoms with Crippen molar-refractivity contribution in [3.05, 3.63) is 70.8 Å². The van der Waals surface area contributed by atoms with Crippen LogP contribution >= 0.6 is 0 Å². The molecule has 0 unspecified atom stereocenters. The van der Waals surface area contributed by atoms with Gasteiger partial charge in [0.25, 0.3) is 17.7 Å². The number of likely N-dealkylation sites (N-methyl/N-ethyl adjacent to an activating group) is 2. The highest BCUT2D eigenvalue weighted by Crippen LogP contribution is 2.19. The summed E-state index contributed by atoms with van der Waals surface area (Å²) in [5.41, 5.74) is 2.97. The summed E-state index contributed by atoms with van der Waals surface area (Å²) < 4.78 is 5.16. The van der Waals surface area contributed by atoms with Crippen molar-refractivity contribution in [1.82, 2.24) is 21.0 Å². The van der Waals surface area contributed by atoms with Gasteiger partial charge in [-0.1, -0.05) is 48.6 Å². The minimum absolute atomic E-state index is 0.300. The van der Waals surface area contributed by atoms with Crippen molar-refractivity contribution < 1.29 is 24.3 Å². The first-order valence-corrected chi connectivity index (χ1v) is 10.9. The number of nitrogens with zero attached hydrogens (tertiary/aromatic N) is 1. The quantitative estimate of drug-likeness (QED) is 0.192. The van der Waals surface area contributed by atoms with Crippen molar-refractivity contribution in [3.8, 4) is 0 Å². The number of rotatable bonds is 9. The van der Waals surface area contributed by atoms with Gasteiger partial charge in [0.05, 0.1) is 19.3 Å². The highest BCUT2D eigenvalue weighted by atomic mass is 16.5. The summed E-state index contributed by atoms with van der Waals surface area (Å²) in [4.78, 5) is 38.4. The molecule has 34 heavy (non-hydrogen) atoms. The van der Waals surface area contributed by atoms with E-state index in [1.54, 1.807) is 24.3 Å². The standard InChI is InChI=1S/C25H30N4O5/c1-25(23(31)26-2,24(32)28-33)29(3)22(30)20-12-10-18(11-13-20)5-4-17-6-8-19(9-7-17)14-27-21-15-34-16-21/h4-13,21,27,33H,14-16H2,1-3H3,(H,26,31)(H,28,32)/t25-/m0/s1. The number of carbonyl (C=O) groups excluding carboxylic acids is 3. The molecule has 0 aliphatic carbocycles. The predicted molar refractivity (Wildman–Crippen MR) is 128 cm³/mol. The van der Waals surface area contributed by atoms with Gasteiger partial charge in [0.1, 0.15) is 0 Å². The second-order valence-corrected chi connectivity index (χ2v) is 8.27. The lowest BCUT2D eigenvalue weighted by molar-refractivity contribution is -0.148. The zero-order valence-electron chi connectivity index (χ0n) is 19.5. The Balaban J connectivity index is 1.64. The Morgan fingerprint density at radius 2 is 1.59 bits per heavy atom. The van der Waals surface area contributed by atoms with E-state index in [0.29, 0.717) is 11.6 Å². The number of hydrogen-bond donors (Lipinski definition) is 4. The van der Waals surface area contributed by atoms with Gasteiger partial charge in [-0.25, -0.2) is 5.48 Å². The van der Waals surface area contributed by atoms with Crippen LogP contribution in [0.2, 0.25) is 0 Å². The van der Waals surface area contributed by atoms with Gasteiger partial charge in [0, 0.05) is 26.2 Å². The van der Waals surface area contributed by atoms with Crippen LogP contribution < -0.4 is 16.1 Å². The molecule has 1 atom stereocenters. The number of amides is 3. The normalized spacial score (nSPS) is 15.3. The fourth-order valence-electron chi connectivity index (χ4n) is 3.45. The molecule has 1 aliphatic heterocycles. The fourth-order valence-corrected chi connectivity index (χ4v) is 3.45. The Morgan fingerprint density at radius 3 is 2.06 bits per heavy atom. The van der Waals surface area contributed by atoms with Gasteiger partial charge in [0.15, 0.2) is 5.54 Å². The fraction of sp³-hybridized carbons (Fsp3) is 0.320. The summed E-state index contributed by atoms with van der Waals surface area (Å²) in [5, 5.41) is 14.8. The average Bonchev–Trinajstić information content (AvgIpc) is 2.85. The molecule has 9 heteroatoms. The second kappa shape index (κ2) is 11.1. The molecule has 1 aliphatic rings. The zero-order chi connectivity index (χ0) is 24.7. The summed E-state index contributed by atoms with van der Waals surface area (Å²) in [5.74, 6) is -2.28. The molecule has 3 amide bonds. The maximum absolute atomic E-state index is 12.9. The minimum atomic E-state index is -1.92. The number of ether oxygens (including phenoxy) is 1. The van der Waals surface area contributed by atoms with Gasteiger partial charge in [-0.05, 0) is 35.7 Å². The number of nitrogens with one attached hydrogen (secondary N) is 3. The summed E-state index contributed by atoms with van der Waals surface area (Å²) in [6, 6.07) is 15.5. The van der Waals surface area contributed by atoms with Gasteiger partial charge in [-0.2, -0.15) is 0 Å². The largest absolute Gasteiger partial charge is 0.378 e. The van der Waals surface area contributed by atoms with E-state index < -0.39 is 23.3 Å². The van der Waals surface area contributed by atoms with Crippen molar-refractivity contribution >= 4 is 29.9 Å². The van der Waals surface area contributed by atoms with Crippen molar-refractivity contribution in [2.24, 2.45) is 0 Å². The second-order valence-electron chi connectivity index (χ2n) is 8.27. The van der Waals surface area contributed by atoms with Crippen LogP contribution in [0.15, 0.2) is 48.5 Å². The highest BCUT2D eigenvalue weighted by Gasteiger charge is 2.47. The summed E-state index contributed by atoms with van der Waals surface area (Å²) >= 11 is 0. The molecule has 180 valence electrons. The van der Waals surface area contributed by atoms with E-state index >= 15 is 0 Å². The van der Waals surface area contributed by atoms with E-state index in [4.69, 9.17) is 9.94 Å². The molecule has 0 bridgehead atoms. The van der Waals surface area contributed by atoms with E-state index in [2.05, 4.69) is 22.8 Å². The molecule has 4 N–H and O–H groups in total. The lowest BCUT2D eigenvalue weighted by Gasteiger charge is -2.34. The van der Waals surface area contributed by atoms with E-state index in [9.17, 15) is 14.4 Å². The number of carbonyl (C=O) groups is 3. The SMILES string of the molecule is CNC(=O)[C@@](C)(C(=O)NO)N(C)C(=O)c1ccc(C=Cc2ccc(CNC3COC3)cc2)cc1. The molecule has 0 saturated carbocycles. The van der Waals surface area contributed by atoms with Crippen LogP contribution in [0, 0.1) is 0 Å². The number of hydroxylamine groups is 1. The molecule has 0 radical (unpaired) electrons. The third-order valence-corrected chi connectivity index (χ3v) is 6.03. The van der Waals surface area contributed by atoms with Crippen LogP contribution in [-0.2, 0) is 20.9 Å². The zero-order valence-corrected chi connectivity index (χ0v) is 19.5. The van der Waals surface area contributed by atoms with Crippen molar-refractivity contribution in [2.45, 2.75) is 25.0 Å². The third-order valence-electron chi connectivity index (χ3n) is 6.03. The first-order valence-electron chi connectivity index (χ1n) is 10.9. The van der Waals surface area contributed by atoms with E-state index in [1.165, 1.54) is 32.1 Å². The van der Waals surface area contributed by atoms with Gasteiger partial charge in [0.2, 0.25) is 0 Å². The van der Waals surface area contributed by atoms with E-state index in [-0.39, 0.29) is 0 Å². The topological polar surface area (TPSA) is 120 Å². The van der Waals surface area contributed by atoms with Crippen LogP contribution in [-0.4, -0.2) is 66.7 Å². The molecule has 3 rings (SSSR count). The first kappa shape index (κ1) is 25.1. The van der Waals surface area contributed by atoms with Crippen LogP contribution in [0.4, 0.5) is 0 Å². The summed E-state index contributed by atoms with van der Waals surface area (Å²) in [6.45, 7) is 3.61. The van der Waals surface area contributed by atoms with E-state index in [1.807, 2.05) is 24.3 Å². The molecule has 0 aromatic heterocycles. The Labute approximate surface area is 198 Å². The maximum atomic E-state index is 12.9. The molecule has 1 heterocycles. The Kier molecular flexibility index (Phi) is 8.17. The van der Waals surface area contributed by atoms with Crippen molar-refractivity contribution in [1.29, 1.82) is 0 Å². The molecule has 0 spiro atoms. The first-order chi connectivity index (χ1) is 16.3. The van der Waals surface area contributed by atoms with E-state index in [0.717, 1.165) is 35.8 Å². The van der Waals surface area contributed by atoms with Crippen LogP contribution in [0.3, 0.4) is 0 Å². The van der Waals surface area contributed by atoms with Gasteiger partial charge < -0.3 is 20.3 Å². The number of hydrogen-bond acceptors (Lipinski definition) is 6. The van der Waals surface area contributed by atoms with Crippen molar-refractivity contribution in [3.63, 3.8) is 0 Å². The molecule has 1 saturated heterocycles. The van der Waals surface area contributed by atoms with Gasteiger partial charge in [-0.15, -0.1) is 0 Å². The smallest absolute Gasteiger partial charge is 0.278 e. The molecule has 2 aromatic carbocycles.